The van der Waals surface area contributed by atoms with E-state index in [-0.39, 0.29) is 5.90 Å². The maximum absolute atomic E-state index is 7.85. The van der Waals surface area contributed by atoms with Gasteiger partial charge in [0.05, 0.1) is 0 Å². The highest BCUT2D eigenvalue weighted by Gasteiger charge is 2.04. The second-order valence-corrected chi connectivity index (χ2v) is 3.73. The molecule has 0 unspecified atom stereocenters. The Morgan fingerprint density at radius 2 is 1.88 bits per heavy atom. The third-order valence-electron chi connectivity index (χ3n) is 2.33. The van der Waals surface area contributed by atoms with E-state index in [1.165, 1.54) is 5.56 Å². The summed E-state index contributed by atoms with van der Waals surface area (Å²) in [5, 5.41) is 7.85. The number of hydrogen-bond donors (Lipinski definition) is 1. The van der Waals surface area contributed by atoms with Crippen LogP contribution >= 0.6 is 0 Å². The van der Waals surface area contributed by atoms with Crippen LogP contribution in [0.15, 0.2) is 36.1 Å². The highest BCUT2D eigenvalue weighted by atomic mass is 16.5. The molecular weight excluding hydrogens is 198 g/mol. The minimum Gasteiger partial charge on any atom is -0.444 e. The molecule has 0 atom stereocenters. The summed E-state index contributed by atoms with van der Waals surface area (Å²) in [5.41, 5.74) is 2.01. The summed E-state index contributed by atoms with van der Waals surface area (Å²) < 4.78 is 5.51. The quantitative estimate of drug-likeness (QED) is 0.461. The lowest BCUT2D eigenvalue weighted by atomic mass is 10.1. The van der Waals surface area contributed by atoms with E-state index >= 15 is 0 Å². The van der Waals surface area contributed by atoms with Gasteiger partial charge in [-0.25, -0.2) is 0 Å². The van der Waals surface area contributed by atoms with Crippen LogP contribution in [0, 0.1) is 12.3 Å². The van der Waals surface area contributed by atoms with Crippen LogP contribution in [-0.4, -0.2) is 5.90 Å². The van der Waals surface area contributed by atoms with Crippen LogP contribution in [0.25, 0.3) is 0 Å². The van der Waals surface area contributed by atoms with Crippen molar-refractivity contribution in [2.24, 2.45) is 0 Å². The maximum atomic E-state index is 7.85. The summed E-state index contributed by atoms with van der Waals surface area (Å²) in [5.74, 6) is 1.09. The van der Waals surface area contributed by atoms with Crippen molar-refractivity contribution >= 4 is 5.90 Å². The van der Waals surface area contributed by atoms with E-state index in [2.05, 4.69) is 6.92 Å². The van der Waals surface area contributed by atoms with Gasteiger partial charge < -0.3 is 4.74 Å². The summed E-state index contributed by atoms with van der Waals surface area (Å²) in [4.78, 5) is 0. The van der Waals surface area contributed by atoms with E-state index in [1.54, 1.807) is 0 Å². The first-order valence-corrected chi connectivity index (χ1v) is 5.69. The Hall–Kier alpha value is -1.57. The van der Waals surface area contributed by atoms with Crippen molar-refractivity contribution in [2.45, 2.75) is 33.6 Å². The number of aryl methyl sites for hydroxylation is 1. The summed E-state index contributed by atoms with van der Waals surface area (Å²) >= 11 is 0. The van der Waals surface area contributed by atoms with Crippen LogP contribution in [0.2, 0.25) is 0 Å². The highest BCUT2D eigenvalue weighted by molar-refractivity contribution is 5.92. The molecule has 0 amide bonds. The first-order chi connectivity index (χ1) is 7.67. The number of benzene rings is 1. The van der Waals surface area contributed by atoms with Gasteiger partial charge in [0.25, 0.3) is 0 Å². The first-order valence-electron chi connectivity index (χ1n) is 5.69. The van der Waals surface area contributed by atoms with Gasteiger partial charge in [-0.05, 0) is 31.6 Å². The van der Waals surface area contributed by atoms with Crippen LogP contribution < -0.4 is 0 Å². The van der Waals surface area contributed by atoms with Crippen LogP contribution in [0.3, 0.4) is 0 Å². The van der Waals surface area contributed by atoms with Crippen molar-refractivity contribution in [1.29, 1.82) is 5.41 Å². The molecule has 16 heavy (non-hydrogen) atoms. The Morgan fingerprint density at radius 3 is 2.38 bits per heavy atom. The molecule has 0 radical (unpaired) electrons. The van der Waals surface area contributed by atoms with E-state index in [0.29, 0.717) is 0 Å². The van der Waals surface area contributed by atoms with E-state index in [1.807, 2.05) is 44.2 Å². The third kappa shape index (κ3) is 3.54. The van der Waals surface area contributed by atoms with Crippen LogP contribution in [-0.2, 0) is 4.74 Å². The lowest BCUT2D eigenvalue weighted by Gasteiger charge is -2.09. The Balaban J connectivity index is 2.72. The largest absolute Gasteiger partial charge is 0.444 e. The molecular formula is C14H19NO. The molecule has 0 spiro atoms. The molecule has 0 aliphatic rings. The van der Waals surface area contributed by atoms with Crippen molar-refractivity contribution in [3.63, 3.8) is 0 Å². The van der Waals surface area contributed by atoms with E-state index in [4.69, 9.17) is 10.1 Å². The average molecular weight is 217 g/mol. The highest BCUT2D eigenvalue weighted by Crippen LogP contribution is 2.10. The molecule has 0 aromatic heterocycles. The molecule has 0 bridgehead atoms. The van der Waals surface area contributed by atoms with Crippen molar-refractivity contribution in [1.82, 2.24) is 0 Å². The van der Waals surface area contributed by atoms with Gasteiger partial charge in [0.1, 0.15) is 5.76 Å². The van der Waals surface area contributed by atoms with Crippen LogP contribution in [0.5, 0.6) is 0 Å². The Kier molecular flexibility index (Phi) is 4.77. The number of rotatable bonds is 4. The zero-order valence-electron chi connectivity index (χ0n) is 10.2. The summed E-state index contributed by atoms with van der Waals surface area (Å²) in [6.45, 7) is 6.13. The van der Waals surface area contributed by atoms with Crippen molar-refractivity contribution in [2.75, 3.05) is 0 Å². The third-order valence-corrected chi connectivity index (χ3v) is 2.33. The van der Waals surface area contributed by atoms with Gasteiger partial charge in [0.2, 0.25) is 5.90 Å². The molecule has 1 aromatic carbocycles. The maximum Gasteiger partial charge on any atom is 0.218 e. The van der Waals surface area contributed by atoms with Crippen molar-refractivity contribution in [3.8, 4) is 0 Å². The SMILES string of the molecule is CC/C=C(\CC)OC(=N)c1ccc(C)cc1. The van der Waals surface area contributed by atoms with E-state index < -0.39 is 0 Å². The fourth-order valence-corrected chi connectivity index (χ4v) is 1.38. The normalized spacial score (nSPS) is 11.3. The van der Waals surface area contributed by atoms with Crippen LogP contribution in [0.1, 0.15) is 37.8 Å². The molecule has 0 heterocycles. The number of ether oxygens (including phenoxy) is 1. The predicted octanol–water partition coefficient (Wildman–Crippen LogP) is 4.04. The lowest BCUT2D eigenvalue weighted by molar-refractivity contribution is 0.394. The minimum atomic E-state index is 0.224. The van der Waals surface area contributed by atoms with Gasteiger partial charge in [0, 0.05) is 12.0 Å². The van der Waals surface area contributed by atoms with Gasteiger partial charge in [0.15, 0.2) is 0 Å². The molecule has 1 aromatic rings. The topological polar surface area (TPSA) is 33.1 Å². The van der Waals surface area contributed by atoms with Gasteiger partial charge in [-0.2, -0.15) is 0 Å². The van der Waals surface area contributed by atoms with Gasteiger partial charge in [-0.3, -0.25) is 5.41 Å². The second-order valence-electron chi connectivity index (χ2n) is 3.73. The summed E-state index contributed by atoms with van der Waals surface area (Å²) in [7, 11) is 0. The monoisotopic (exact) mass is 217 g/mol. The fraction of sp³-hybridized carbons (Fsp3) is 0.357. The number of allylic oxidation sites excluding steroid dienone is 2. The van der Waals surface area contributed by atoms with Crippen molar-refractivity contribution in [3.05, 3.63) is 47.2 Å². The molecule has 0 aliphatic heterocycles. The van der Waals surface area contributed by atoms with Crippen molar-refractivity contribution < 1.29 is 4.74 Å². The van der Waals surface area contributed by atoms with Gasteiger partial charge >= 0.3 is 0 Å². The van der Waals surface area contributed by atoms with Crippen LogP contribution in [0.4, 0.5) is 0 Å². The van der Waals surface area contributed by atoms with Gasteiger partial charge in [-0.15, -0.1) is 0 Å². The Labute approximate surface area is 97.5 Å². The Bertz CT molecular complexity index is 376. The van der Waals surface area contributed by atoms with E-state index in [9.17, 15) is 0 Å². The summed E-state index contributed by atoms with van der Waals surface area (Å²) in [6.07, 6.45) is 3.77. The number of nitrogens with one attached hydrogen (secondary N) is 1. The zero-order chi connectivity index (χ0) is 12.0. The average Bonchev–Trinajstić information content (AvgIpc) is 2.29. The molecule has 2 heteroatoms. The smallest absolute Gasteiger partial charge is 0.218 e. The molecule has 0 saturated heterocycles. The molecule has 0 saturated carbocycles. The number of hydrogen-bond acceptors (Lipinski definition) is 2. The zero-order valence-corrected chi connectivity index (χ0v) is 10.2. The molecule has 0 aliphatic carbocycles. The fourth-order valence-electron chi connectivity index (χ4n) is 1.38. The van der Waals surface area contributed by atoms with E-state index in [0.717, 1.165) is 24.2 Å². The molecule has 2 nitrogen and oxygen atoms in total. The first kappa shape index (κ1) is 12.5. The second kappa shape index (κ2) is 6.11. The molecule has 0 fully saturated rings. The minimum absolute atomic E-state index is 0.224. The molecule has 1 N–H and O–H groups in total. The standard InChI is InChI=1S/C14H19NO/c1-4-6-13(5-2)16-14(15)12-9-7-11(3)8-10-12/h6-10,15H,4-5H2,1-3H3/b13-6+,15-14?. The molecule has 86 valence electrons. The Morgan fingerprint density at radius 1 is 1.25 bits per heavy atom. The summed E-state index contributed by atoms with van der Waals surface area (Å²) in [6, 6.07) is 7.80. The lowest BCUT2D eigenvalue weighted by Crippen LogP contribution is -2.04. The van der Waals surface area contributed by atoms with Gasteiger partial charge in [-0.1, -0.05) is 31.5 Å². The predicted molar refractivity (Wildman–Crippen MR) is 67.8 cm³/mol. The molecule has 1 rings (SSSR count).